The van der Waals surface area contributed by atoms with Crippen LogP contribution in [0.15, 0.2) is 66.9 Å². The zero-order valence-electron chi connectivity index (χ0n) is 14.6. The van der Waals surface area contributed by atoms with Crippen molar-refractivity contribution in [2.75, 3.05) is 10.6 Å². The topological polar surface area (TPSA) is 71.1 Å². The molecule has 1 aromatic heterocycles. The van der Waals surface area contributed by atoms with Crippen LogP contribution in [0.5, 0.6) is 0 Å². The maximum Gasteiger partial charge on any atom is 0.274 e. The smallest absolute Gasteiger partial charge is 0.274 e. The molecule has 3 aromatic rings. The van der Waals surface area contributed by atoms with Gasteiger partial charge in [-0.05, 0) is 50.2 Å². The molecule has 130 valence electrons. The molecular weight excluding hydrogens is 326 g/mol. The first-order valence-electron chi connectivity index (χ1n) is 8.23. The predicted octanol–water partition coefficient (Wildman–Crippen LogP) is 4.59. The van der Waals surface area contributed by atoms with Crippen LogP contribution in [0, 0.1) is 6.92 Å². The fourth-order valence-corrected chi connectivity index (χ4v) is 2.45. The first-order valence-corrected chi connectivity index (χ1v) is 8.23. The van der Waals surface area contributed by atoms with E-state index >= 15 is 0 Å². The zero-order valence-corrected chi connectivity index (χ0v) is 14.6. The van der Waals surface area contributed by atoms with Gasteiger partial charge in [0.25, 0.3) is 5.91 Å². The van der Waals surface area contributed by atoms with Gasteiger partial charge in [-0.25, -0.2) is 0 Å². The van der Waals surface area contributed by atoms with E-state index in [-0.39, 0.29) is 11.7 Å². The highest BCUT2D eigenvalue weighted by molar-refractivity contribution is 6.03. The summed E-state index contributed by atoms with van der Waals surface area (Å²) in [4.78, 5) is 28.0. The Morgan fingerprint density at radius 2 is 1.62 bits per heavy atom. The predicted molar refractivity (Wildman–Crippen MR) is 103 cm³/mol. The van der Waals surface area contributed by atoms with E-state index in [1.165, 1.54) is 6.92 Å². The Kier molecular flexibility index (Phi) is 5.08. The van der Waals surface area contributed by atoms with Crippen LogP contribution in [0.3, 0.4) is 0 Å². The summed E-state index contributed by atoms with van der Waals surface area (Å²) in [6, 6.07) is 18.2. The highest BCUT2D eigenvalue weighted by Crippen LogP contribution is 2.19. The van der Waals surface area contributed by atoms with Crippen molar-refractivity contribution in [3.63, 3.8) is 0 Å². The van der Waals surface area contributed by atoms with Gasteiger partial charge in [0.15, 0.2) is 5.78 Å². The van der Waals surface area contributed by atoms with E-state index in [1.54, 1.807) is 30.5 Å². The maximum atomic E-state index is 12.4. The molecule has 0 aliphatic rings. The number of anilines is 3. The Morgan fingerprint density at radius 1 is 0.885 bits per heavy atom. The fourth-order valence-electron chi connectivity index (χ4n) is 2.45. The van der Waals surface area contributed by atoms with Crippen LogP contribution >= 0.6 is 0 Å². The standard InChI is InChI=1S/C21H19N3O2/c1-14-6-8-17(9-7-14)24-21(26)20-13-19(10-11-22-20)23-18-5-3-4-16(12-18)15(2)25/h3-13H,1-2H3,(H,22,23)(H,24,26). The van der Waals surface area contributed by atoms with Gasteiger partial charge < -0.3 is 10.6 Å². The van der Waals surface area contributed by atoms with Gasteiger partial charge in [-0.2, -0.15) is 0 Å². The van der Waals surface area contributed by atoms with Crippen LogP contribution in [-0.2, 0) is 0 Å². The highest BCUT2D eigenvalue weighted by atomic mass is 16.2. The number of Topliss-reactive ketones (excluding diaryl/α,β-unsaturated/α-hetero) is 1. The monoisotopic (exact) mass is 345 g/mol. The number of benzene rings is 2. The third-order valence-corrected chi connectivity index (χ3v) is 3.86. The molecule has 0 bridgehead atoms. The highest BCUT2D eigenvalue weighted by Gasteiger charge is 2.09. The number of aromatic nitrogens is 1. The minimum Gasteiger partial charge on any atom is -0.355 e. The third-order valence-electron chi connectivity index (χ3n) is 3.86. The van der Waals surface area contributed by atoms with Gasteiger partial charge >= 0.3 is 0 Å². The summed E-state index contributed by atoms with van der Waals surface area (Å²) in [6.07, 6.45) is 1.57. The molecular formula is C21H19N3O2. The van der Waals surface area contributed by atoms with E-state index in [4.69, 9.17) is 0 Å². The molecule has 1 amide bonds. The number of carbonyl (C=O) groups is 2. The van der Waals surface area contributed by atoms with Gasteiger partial charge in [0.05, 0.1) is 0 Å². The Morgan fingerprint density at radius 3 is 2.35 bits per heavy atom. The lowest BCUT2D eigenvalue weighted by atomic mass is 10.1. The number of pyridine rings is 1. The Hall–Kier alpha value is -3.47. The summed E-state index contributed by atoms with van der Waals surface area (Å²) in [5.74, 6) is -0.281. The van der Waals surface area contributed by atoms with Crippen molar-refractivity contribution >= 4 is 28.8 Å². The molecule has 1 heterocycles. The van der Waals surface area contributed by atoms with E-state index < -0.39 is 0 Å². The van der Waals surface area contributed by atoms with Crippen molar-refractivity contribution in [3.8, 4) is 0 Å². The van der Waals surface area contributed by atoms with E-state index in [0.717, 1.165) is 22.6 Å². The summed E-state index contributed by atoms with van der Waals surface area (Å²) >= 11 is 0. The van der Waals surface area contributed by atoms with Gasteiger partial charge in [-0.3, -0.25) is 14.6 Å². The van der Waals surface area contributed by atoms with Gasteiger partial charge in [0.1, 0.15) is 5.69 Å². The SMILES string of the molecule is CC(=O)c1cccc(Nc2ccnc(C(=O)Nc3ccc(C)cc3)c2)c1. The molecule has 26 heavy (non-hydrogen) atoms. The van der Waals surface area contributed by atoms with Crippen molar-refractivity contribution in [2.45, 2.75) is 13.8 Å². The molecule has 5 heteroatoms. The number of nitrogens with one attached hydrogen (secondary N) is 2. The molecule has 0 spiro atoms. The van der Waals surface area contributed by atoms with Crippen molar-refractivity contribution in [1.82, 2.24) is 4.98 Å². The van der Waals surface area contributed by atoms with Gasteiger partial charge in [-0.1, -0.05) is 29.8 Å². The molecule has 0 saturated carbocycles. The van der Waals surface area contributed by atoms with Crippen LogP contribution in [0.25, 0.3) is 0 Å². The second kappa shape index (κ2) is 7.61. The van der Waals surface area contributed by atoms with Crippen LogP contribution in [0.4, 0.5) is 17.1 Å². The number of aryl methyl sites for hydroxylation is 1. The quantitative estimate of drug-likeness (QED) is 0.664. The molecule has 3 rings (SSSR count). The molecule has 0 atom stereocenters. The largest absolute Gasteiger partial charge is 0.355 e. The number of carbonyl (C=O) groups excluding carboxylic acids is 2. The second-order valence-electron chi connectivity index (χ2n) is 6.01. The molecule has 0 aliphatic heterocycles. The molecule has 0 unspecified atom stereocenters. The van der Waals surface area contributed by atoms with E-state index in [2.05, 4.69) is 15.6 Å². The molecule has 0 radical (unpaired) electrons. The Labute approximate surface area is 152 Å². The van der Waals surface area contributed by atoms with E-state index in [9.17, 15) is 9.59 Å². The zero-order chi connectivity index (χ0) is 18.5. The maximum absolute atomic E-state index is 12.4. The van der Waals surface area contributed by atoms with Crippen LogP contribution < -0.4 is 10.6 Å². The summed E-state index contributed by atoms with van der Waals surface area (Å²) < 4.78 is 0. The number of amides is 1. The minimum atomic E-state index is -0.282. The van der Waals surface area contributed by atoms with Crippen molar-refractivity contribution in [1.29, 1.82) is 0 Å². The first kappa shape index (κ1) is 17.4. The van der Waals surface area contributed by atoms with Crippen molar-refractivity contribution in [3.05, 3.63) is 83.7 Å². The third kappa shape index (κ3) is 4.33. The number of nitrogens with zero attached hydrogens (tertiary/aromatic N) is 1. The van der Waals surface area contributed by atoms with Gasteiger partial charge in [-0.15, -0.1) is 0 Å². The van der Waals surface area contributed by atoms with E-state index in [0.29, 0.717) is 11.3 Å². The average Bonchev–Trinajstić information content (AvgIpc) is 2.64. The van der Waals surface area contributed by atoms with Gasteiger partial charge in [0.2, 0.25) is 0 Å². The summed E-state index contributed by atoms with van der Waals surface area (Å²) in [5.41, 5.74) is 4.26. The average molecular weight is 345 g/mol. The molecule has 2 N–H and O–H groups in total. The molecule has 0 fully saturated rings. The molecule has 2 aromatic carbocycles. The molecule has 0 aliphatic carbocycles. The lowest BCUT2D eigenvalue weighted by Crippen LogP contribution is -2.13. The molecule has 5 nitrogen and oxygen atoms in total. The van der Waals surface area contributed by atoms with E-state index in [1.807, 2.05) is 43.3 Å². The van der Waals surface area contributed by atoms with Crippen molar-refractivity contribution < 1.29 is 9.59 Å². The minimum absolute atomic E-state index is 0.00143. The second-order valence-corrected chi connectivity index (χ2v) is 6.01. The molecule has 0 saturated heterocycles. The van der Waals surface area contributed by atoms with Crippen LogP contribution in [0.1, 0.15) is 33.3 Å². The number of hydrogen-bond acceptors (Lipinski definition) is 4. The summed E-state index contributed by atoms with van der Waals surface area (Å²) in [5, 5.41) is 6.02. The first-order chi connectivity index (χ1) is 12.5. The van der Waals surface area contributed by atoms with Gasteiger partial charge in [0, 0.05) is 28.8 Å². The fraction of sp³-hybridized carbons (Fsp3) is 0.0952. The lowest BCUT2D eigenvalue weighted by Gasteiger charge is -2.09. The van der Waals surface area contributed by atoms with Crippen LogP contribution in [-0.4, -0.2) is 16.7 Å². The Bertz CT molecular complexity index is 949. The number of rotatable bonds is 5. The summed E-state index contributed by atoms with van der Waals surface area (Å²) in [6.45, 7) is 3.52. The number of ketones is 1. The summed E-state index contributed by atoms with van der Waals surface area (Å²) in [7, 11) is 0. The lowest BCUT2D eigenvalue weighted by molar-refractivity contribution is 0.101. The normalized spacial score (nSPS) is 10.2. The Balaban J connectivity index is 1.75. The number of hydrogen-bond donors (Lipinski definition) is 2. The van der Waals surface area contributed by atoms with Crippen LogP contribution in [0.2, 0.25) is 0 Å². The van der Waals surface area contributed by atoms with Crippen molar-refractivity contribution in [2.24, 2.45) is 0 Å².